The van der Waals surface area contributed by atoms with Gasteiger partial charge in [0.05, 0.1) is 26.9 Å². The van der Waals surface area contributed by atoms with Crippen LogP contribution in [-0.2, 0) is 18.0 Å². The summed E-state index contributed by atoms with van der Waals surface area (Å²) < 4.78 is 57.6. The SMILES string of the molecule is COc1cc(OC)c(C2c3ccccc3[C@]3(c4ccc(C(F)(F)F)cc4)c4ccccc4C[C@H]23)cc1OC. The van der Waals surface area contributed by atoms with Gasteiger partial charge in [-0.05, 0) is 58.4 Å². The van der Waals surface area contributed by atoms with Crippen LogP contribution in [0.2, 0.25) is 0 Å². The molecule has 0 aromatic heterocycles. The molecule has 3 atom stereocenters. The van der Waals surface area contributed by atoms with Gasteiger partial charge >= 0.3 is 6.18 Å². The number of hydrogen-bond donors (Lipinski definition) is 0. The molecule has 0 amide bonds. The van der Waals surface area contributed by atoms with Crippen molar-refractivity contribution in [2.45, 2.75) is 23.9 Å². The van der Waals surface area contributed by atoms with E-state index in [2.05, 4.69) is 24.3 Å². The van der Waals surface area contributed by atoms with Crippen molar-refractivity contribution in [1.29, 1.82) is 0 Å². The molecule has 0 aliphatic heterocycles. The number of ether oxygens (including phenoxy) is 3. The molecule has 6 rings (SSSR count). The highest BCUT2D eigenvalue weighted by Gasteiger charge is 2.58. The molecule has 4 aromatic carbocycles. The van der Waals surface area contributed by atoms with E-state index in [9.17, 15) is 13.2 Å². The second-order valence-electron chi connectivity index (χ2n) is 9.86. The highest BCUT2D eigenvalue weighted by molar-refractivity contribution is 5.68. The predicted octanol–water partition coefficient (Wildman–Crippen LogP) is 7.38. The number of halogens is 3. The van der Waals surface area contributed by atoms with Crippen LogP contribution in [0, 0.1) is 5.92 Å². The Balaban J connectivity index is 1.64. The lowest BCUT2D eigenvalue weighted by molar-refractivity contribution is -0.137. The van der Waals surface area contributed by atoms with Crippen molar-refractivity contribution in [2.24, 2.45) is 5.92 Å². The molecular formula is C32H27F3O3. The van der Waals surface area contributed by atoms with Crippen LogP contribution in [0.5, 0.6) is 17.2 Å². The van der Waals surface area contributed by atoms with Crippen molar-refractivity contribution in [3.8, 4) is 17.2 Å². The first kappa shape index (κ1) is 24.4. The molecule has 2 aliphatic carbocycles. The molecule has 6 heteroatoms. The van der Waals surface area contributed by atoms with Gasteiger partial charge in [0.1, 0.15) is 5.75 Å². The summed E-state index contributed by atoms with van der Waals surface area (Å²) in [6, 6.07) is 26.1. The molecule has 194 valence electrons. The van der Waals surface area contributed by atoms with Gasteiger partial charge in [0.2, 0.25) is 0 Å². The van der Waals surface area contributed by atoms with Crippen molar-refractivity contribution in [3.63, 3.8) is 0 Å². The maximum absolute atomic E-state index is 13.5. The Kier molecular flexibility index (Phi) is 5.67. The zero-order valence-electron chi connectivity index (χ0n) is 21.3. The Morgan fingerprint density at radius 2 is 1.29 bits per heavy atom. The first-order valence-electron chi connectivity index (χ1n) is 12.5. The minimum Gasteiger partial charge on any atom is -0.496 e. The molecule has 0 radical (unpaired) electrons. The molecule has 1 unspecified atom stereocenters. The molecule has 4 aromatic rings. The Hall–Kier alpha value is -3.93. The van der Waals surface area contributed by atoms with Crippen molar-refractivity contribution in [3.05, 3.63) is 124 Å². The van der Waals surface area contributed by atoms with E-state index in [1.54, 1.807) is 33.5 Å². The van der Waals surface area contributed by atoms with E-state index in [1.165, 1.54) is 17.7 Å². The number of alkyl halides is 3. The summed E-state index contributed by atoms with van der Waals surface area (Å²) in [7, 11) is 4.83. The number of fused-ring (bicyclic) bond motifs is 5. The van der Waals surface area contributed by atoms with Gasteiger partial charge in [-0.3, -0.25) is 0 Å². The molecule has 0 fully saturated rings. The summed E-state index contributed by atoms with van der Waals surface area (Å²) in [5, 5.41) is 0. The van der Waals surface area contributed by atoms with E-state index in [-0.39, 0.29) is 11.8 Å². The van der Waals surface area contributed by atoms with Gasteiger partial charge in [-0.15, -0.1) is 0 Å². The normalized spacial score (nSPS) is 21.4. The third kappa shape index (κ3) is 3.35. The van der Waals surface area contributed by atoms with Crippen molar-refractivity contribution in [1.82, 2.24) is 0 Å². The number of benzene rings is 4. The van der Waals surface area contributed by atoms with Crippen LogP contribution < -0.4 is 14.2 Å². The van der Waals surface area contributed by atoms with E-state index in [0.717, 1.165) is 34.2 Å². The van der Waals surface area contributed by atoms with E-state index in [0.29, 0.717) is 17.2 Å². The lowest BCUT2D eigenvalue weighted by atomic mass is 9.67. The van der Waals surface area contributed by atoms with Gasteiger partial charge < -0.3 is 14.2 Å². The fourth-order valence-electron chi connectivity index (χ4n) is 6.86. The maximum atomic E-state index is 13.5. The smallest absolute Gasteiger partial charge is 0.416 e. The van der Waals surface area contributed by atoms with Crippen molar-refractivity contribution >= 4 is 0 Å². The minimum atomic E-state index is -4.40. The molecule has 0 heterocycles. The molecule has 0 saturated heterocycles. The second kappa shape index (κ2) is 8.83. The van der Waals surface area contributed by atoms with Crippen LogP contribution in [0.3, 0.4) is 0 Å². The average molecular weight is 517 g/mol. The first-order valence-corrected chi connectivity index (χ1v) is 12.5. The highest BCUT2D eigenvalue weighted by atomic mass is 19.4. The van der Waals surface area contributed by atoms with E-state index >= 15 is 0 Å². The Morgan fingerprint density at radius 1 is 0.684 bits per heavy atom. The zero-order valence-corrected chi connectivity index (χ0v) is 21.3. The lowest BCUT2D eigenvalue weighted by Crippen LogP contribution is -2.32. The largest absolute Gasteiger partial charge is 0.496 e. The average Bonchev–Trinajstić information content (AvgIpc) is 3.42. The van der Waals surface area contributed by atoms with Gasteiger partial charge in [-0.25, -0.2) is 0 Å². The zero-order chi connectivity index (χ0) is 26.7. The fourth-order valence-corrected chi connectivity index (χ4v) is 6.86. The van der Waals surface area contributed by atoms with E-state index in [4.69, 9.17) is 14.2 Å². The van der Waals surface area contributed by atoms with Crippen LogP contribution in [-0.4, -0.2) is 21.3 Å². The Morgan fingerprint density at radius 3 is 1.95 bits per heavy atom. The van der Waals surface area contributed by atoms with Gasteiger partial charge in [-0.2, -0.15) is 13.2 Å². The molecule has 2 aliphatic rings. The molecule has 38 heavy (non-hydrogen) atoms. The van der Waals surface area contributed by atoms with Crippen LogP contribution in [0.25, 0.3) is 0 Å². The van der Waals surface area contributed by atoms with Crippen LogP contribution in [0.4, 0.5) is 13.2 Å². The summed E-state index contributed by atoms with van der Waals surface area (Å²) in [4.78, 5) is 0. The van der Waals surface area contributed by atoms with E-state index in [1.807, 2.05) is 36.4 Å². The molecule has 0 N–H and O–H groups in total. The third-order valence-electron chi connectivity index (χ3n) is 8.30. The summed E-state index contributed by atoms with van der Waals surface area (Å²) in [5.41, 5.74) is 5.15. The molecular weight excluding hydrogens is 489 g/mol. The van der Waals surface area contributed by atoms with Gasteiger partial charge in [0.15, 0.2) is 11.5 Å². The van der Waals surface area contributed by atoms with Crippen LogP contribution in [0.15, 0.2) is 84.9 Å². The minimum absolute atomic E-state index is 0.0148. The highest BCUT2D eigenvalue weighted by Crippen LogP contribution is 2.65. The first-order chi connectivity index (χ1) is 18.3. The van der Waals surface area contributed by atoms with Crippen molar-refractivity contribution < 1.29 is 27.4 Å². The van der Waals surface area contributed by atoms with Crippen LogP contribution in [0.1, 0.15) is 44.9 Å². The van der Waals surface area contributed by atoms with Gasteiger partial charge in [0.25, 0.3) is 0 Å². The molecule has 3 nitrogen and oxygen atoms in total. The molecule has 0 bridgehead atoms. The Bertz CT molecular complexity index is 1510. The summed E-state index contributed by atoms with van der Waals surface area (Å²) in [6.07, 6.45) is -3.62. The van der Waals surface area contributed by atoms with Gasteiger partial charge in [0, 0.05) is 23.0 Å². The lowest BCUT2D eigenvalue weighted by Gasteiger charge is -2.35. The third-order valence-corrected chi connectivity index (χ3v) is 8.30. The standard InChI is InChI=1S/C32H27F3O3/c1-36-27-18-29(38-3)28(37-2)17-23(27)30-22-9-5-7-11-25(22)31(20-12-14-21(15-13-20)32(33,34)35)24-10-6-4-8-19(24)16-26(30)31/h4-15,17-18,26,30H,16H2,1-3H3/t26-,30?,31+/m1/s1. The summed E-state index contributed by atoms with van der Waals surface area (Å²) >= 11 is 0. The van der Waals surface area contributed by atoms with Gasteiger partial charge in [-0.1, -0.05) is 60.7 Å². The van der Waals surface area contributed by atoms with Crippen LogP contribution >= 0.6 is 0 Å². The number of hydrogen-bond acceptors (Lipinski definition) is 3. The summed E-state index contributed by atoms with van der Waals surface area (Å²) in [6.45, 7) is 0. The number of rotatable bonds is 5. The molecule has 0 saturated carbocycles. The van der Waals surface area contributed by atoms with Crippen molar-refractivity contribution in [2.75, 3.05) is 21.3 Å². The summed E-state index contributed by atoms with van der Waals surface area (Å²) in [5.74, 6) is 1.78. The number of methoxy groups -OCH3 is 3. The fraction of sp³-hybridized carbons (Fsp3) is 0.250. The molecule has 0 spiro atoms. The maximum Gasteiger partial charge on any atom is 0.416 e. The quantitative estimate of drug-likeness (QED) is 0.277. The Labute approximate surface area is 219 Å². The monoisotopic (exact) mass is 516 g/mol. The topological polar surface area (TPSA) is 27.7 Å². The second-order valence-corrected chi connectivity index (χ2v) is 9.86. The van der Waals surface area contributed by atoms with E-state index < -0.39 is 17.2 Å². The predicted molar refractivity (Wildman–Crippen MR) is 139 cm³/mol.